The lowest BCUT2D eigenvalue weighted by atomic mass is 9.51. The van der Waals surface area contributed by atoms with E-state index in [2.05, 4.69) is 4.98 Å². The van der Waals surface area contributed by atoms with Gasteiger partial charge in [0.05, 0.1) is 5.69 Å². The van der Waals surface area contributed by atoms with Crippen LogP contribution in [0.15, 0.2) is 6.33 Å². The highest BCUT2D eigenvalue weighted by Crippen LogP contribution is 2.60. The van der Waals surface area contributed by atoms with Gasteiger partial charge in [-0.2, -0.15) is 4.73 Å². The molecule has 4 aliphatic carbocycles. The second-order valence-corrected chi connectivity index (χ2v) is 6.48. The van der Waals surface area contributed by atoms with Crippen LogP contribution in [0.3, 0.4) is 0 Å². The molecular weight excluding hydrogens is 226 g/mol. The molecular formula is C14H21N3O. The normalized spacial score (nSPS) is 41.3. The molecule has 1 aromatic rings. The molecule has 4 nitrogen and oxygen atoms in total. The first-order valence-corrected chi connectivity index (χ1v) is 7.13. The molecule has 0 aliphatic heterocycles. The summed E-state index contributed by atoms with van der Waals surface area (Å²) in [7, 11) is 1.64. The second kappa shape index (κ2) is 3.65. The van der Waals surface area contributed by atoms with Crippen LogP contribution in [-0.4, -0.2) is 16.8 Å². The van der Waals surface area contributed by atoms with Gasteiger partial charge in [0.2, 0.25) is 0 Å². The zero-order valence-electron chi connectivity index (χ0n) is 10.9. The van der Waals surface area contributed by atoms with E-state index in [4.69, 9.17) is 10.6 Å². The van der Waals surface area contributed by atoms with E-state index in [-0.39, 0.29) is 0 Å². The smallest absolute Gasteiger partial charge is 0.163 e. The molecule has 0 saturated heterocycles. The van der Waals surface area contributed by atoms with Gasteiger partial charge in [-0.25, -0.2) is 4.98 Å². The molecule has 0 aromatic carbocycles. The van der Waals surface area contributed by atoms with E-state index in [1.54, 1.807) is 18.2 Å². The van der Waals surface area contributed by atoms with Crippen molar-refractivity contribution in [3.63, 3.8) is 0 Å². The van der Waals surface area contributed by atoms with Gasteiger partial charge in [-0.15, -0.1) is 0 Å². The minimum absolute atomic E-state index is 0.592. The molecule has 0 radical (unpaired) electrons. The summed E-state index contributed by atoms with van der Waals surface area (Å²) in [5, 5.41) is 0. The van der Waals surface area contributed by atoms with Gasteiger partial charge in [0.25, 0.3) is 0 Å². The van der Waals surface area contributed by atoms with Gasteiger partial charge >= 0.3 is 0 Å². The Labute approximate surface area is 107 Å². The van der Waals surface area contributed by atoms with Crippen LogP contribution in [-0.2, 0) is 0 Å². The van der Waals surface area contributed by atoms with Gasteiger partial charge in [0.1, 0.15) is 13.4 Å². The first kappa shape index (κ1) is 10.7. The van der Waals surface area contributed by atoms with Crippen molar-refractivity contribution in [2.45, 2.75) is 38.0 Å². The van der Waals surface area contributed by atoms with Gasteiger partial charge in [0, 0.05) is 5.92 Å². The van der Waals surface area contributed by atoms with Crippen LogP contribution >= 0.6 is 0 Å². The fourth-order valence-electron chi connectivity index (χ4n) is 5.13. The molecule has 4 heteroatoms. The third-order valence-electron chi connectivity index (χ3n) is 5.54. The molecule has 5 rings (SSSR count). The van der Waals surface area contributed by atoms with Gasteiger partial charge in [0.15, 0.2) is 5.82 Å². The summed E-state index contributed by atoms with van der Waals surface area (Å²) < 4.78 is 1.60. The highest BCUT2D eigenvalue weighted by molar-refractivity contribution is 5.39. The molecule has 0 spiro atoms. The number of hydrogen-bond donors (Lipinski definition) is 1. The molecule has 0 unspecified atom stereocenters. The summed E-state index contributed by atoms with van der Waals surface area (Å²) in [5.41, 5.74) is 7.27. The maximum atomic E-state index is 6.17. The maximum Gasteiger partial charge on any atom is 0.163 e. The van der Waals surface area contributed by atoms with Crippen LogP contribution in [0, 0.1) is 23.7 Å². The molecule has 4 bridgehead atoms. The lowest BCUT2D eigenvalue weighted by molar-refractivity contribution is -0.00390. The maximum absolute atomic E-state index is 6.17. The number of anilines is 1. The molecule has 0 atom stereocenters. The average Bonchev–Trinajstić information content (AvgIpc) is 2.70. The highest BCUT2D eigenvalue weighted by atomic mass is 16.6. The SMILES string of the molecule is COn1cnc(C2C3CC4CC(C3)CC2C4)c1N. The predicted molar refractivity (Wildman–Crippen MR) is 68.9 cm³/mol. The van der Waals surface area contributed by atoms with Gasteiger partial charge in [-0.1, -0.05) is 0 Å². The summed E-state index contributed by atoms with van der Waals surface area (Å²) in [6, 6.07) is 0. The number of rotatable bonds is 2. The summed E-state index contributed by atoms with van der Waals surface area (Å²) in [5.74, 6) is 4.95. The summed E-state index contributed by atoms with van der Waals surface area (Å²) in [6.07, 6.45) is 8.80. The monoisotopic (exact) mass is 247 g/mol. The Bertz CT molecular complexity index is 440. The van der Waals surface area contributed by atoms with Crippen LogP contribution in [0.5, 0.6) is 0 Å². The van der Waals surface area contributed by atoms with Crippen molar-refractivity contribution in [1.82, 2.24) is 9.71 Å². The standard InChI is InChI=1S/C14H21N3O/c1-18-17-7-16-13(14(17)15)12-10-3-8-2-9(5-10)6-11(12)4-8/h7-12H,2-6,15H2,1H3. The molecule has 1 heterocycles. The number of nitrogens with zero attached hydrogens (tertiary/aromatic N) is 2. The molecule has 4 fully saturated rings. The zero-order chi connectivity index (χ0) is 12.3. The van der Waals surface area contributed by atoms with E-state index < -0.39 is 0 Å². The predicted octanol–water partition coefficient (Wildman–Crippen LogP) is 2.06. The van der Waals surface area contributed by atoms with Gasteiger partial charge in [-0.05, 0) is 55.8 Å². The highest BCUT2D eigenvalue weighted by Gasteiger charge is 2.49. The molecule has 0 amide bonds. The Morgan fingerprint density at radius 2 is 1.78 bits per heavy atom. The molecule has 98 valence electrons. The Hall–Kier alpha value is -1.19. The van der Waals surface area contributed by atoms with E-state index in [9.17, 15) is 0 Å². The van der Waals surface area contributed by atoms with Crippen molar-refractivity contribution >= 4 is 5.82 Å². The van der Waals surface area contributed by atoms with Crippen molar-refractivity contribution in [1.29, 1.82) is 0 Å². The van der Waals surface area contributed by atoms with Crippen LogP contribution in [0.2, 0.25) is 0 Å². The van der Waals surface area contributed by atoms with Crippen LogP contribution in [0.4, 0.5) is 5.82 Å². The minimum atomic E-state index is 0.592. The fourth-order valence-corrected chi connectivity index (χ4v) is 5.13. The van der Waals surface area contributed by atoms with Crippen LogP contribution in [0.25, 0.3) is 0 Å². The van der Waals surface area contributed by atoms with Gasteiger partial charge < -0.3 is 10.6 Å². The topological polar surface area (TPSA) is 53.1 Å². The Morgan fingerprint density at radius 1 is 1.17 bits per heavy atom. The number of hydrogen-bond acceptors (Lipinski definition) is 3. The lowest BCUT2D eigenvalue weighted by Gasteiger charge is -2.54. The summed E-state index contributed by atoms with van der Waals surface area (Å²) >= 11 is 0. The number of aromatic nitrogens is 2. The largest absolute Gasteiger partial charge is 0.414 e. The van der Waals surface area contributed by atoms with E-state index >= 15 is 0 Å². The molecule has 18 heavy (non-hydrogen) atoms. The van der Waals surface area contributed by atoms with Gasteiger partial charge in [-0.3, -0.25) is 0 Å². The van der Waals surface area contributed by atoms with Crippen LogP contribution < -0.4 is 10.6 Å². The number of imidazole rings is 1. The minimum Gasteiger partial charge on any atom is -0.414 e. The van der Waals surface area contributed by atoms with Crippen molar-refractivity contribution in [3.8, 4) is 0 Å². The lowest BCUT2D eigenvalue weighted by Crippen LogP contribution is -2.44. The third-order valence-corrected chi connectivity index (χ3v) is 5.54. The molecule has 2 N–H and O–H groups in total. The van der Waals surface area contributed by atoms with Crippen LogP contribution in [0.1, 0.15) is 43.7 Å². The fraction of sp³-hybridized carbons (Fsp3) is 0.786. The van der Waals surface area contributed by atoms with Crippen molar-refractivity contribution in [3.05, 3.63) is 12.0 Å². The number of nitrogen functional groups attached to an aromatic ring is 1. The Kier molecular flexibility index (Phi) is 2.17. The quantitative estimate of drug-likeness (QED) is 0.870. The molecule has 1 aromatic heterocycles. The zero-order valence-corrected chi connectivity index (χ0v) is 10.9. The second-order valence-electron chi connectivity index (χ2n) is 6.48. The number of nitrogens with two attached hydrogens (primary N) is 1. The summed E-state index contributed by atoms with van der Waals surface area (Å²) in [6.45, 7) is 0. The first-order chi connectivity index (χ1) is 8.76. The summed E-state index contributed by atoms with van der Waals surface area (Å²) in [4.78, 5) is 9.74. The third kappa shape index (κ3) is 1.35. The van der Waals surface area contributed by atoms with E-state index in [1.807, 2.05) is 0 Å². The van der Waals surface area contributed by atoms with Crippen molar-refractivity contribution < 1.29 is 4.84 Å². The Balaban J connectivity index is 1.70. The average molecular weight is 247 g/mol. The van der Waals surface area contributed by atoms with E-state index in [0.717, 1.165) is 35.2 Å². The molecule has 4 saturated carbocycles. The molecule has 4 aliphatic rings. The van der Waals surface area contributed by atoms with Crippen molar-refractivity contribution in [2.24, 2.45) is 23.7 Å². The van der Waals surface area contributed by atoms with Crippen molar-refractivity contribution in [2.75, 3.05) is 12.8 Å². The first-order valence-electron chi connectivity index (χ1n) is 7.13. The van der Waals surface area contributed by atoms with E-state index in [1.165, 1.54) is 32.1 Å². The Morgan fingerprint density at radius 3 is 2.28 bits per heavy atom. The van der Waals surface area contributed by atoms with E-state index in [0.29, 0.717) is 5.92 Å².